The molecule has 0 N–H and O–H groups in total. The molecule has 0 atom stereocenters. The van der Waals surface area contributed by atoms with Gasteiger partial charge in [0.25, 0.3) is 0 Å². The van der Waals surface area contributed by atoms with E-state index in [4.69, 9.17) is 3.02 Å². The Morgan fingerprint density at radius 2 is 0.946 bits per heavy atom. The molecule has 0 unspecified atom stereocenters. The van der Waals surface area contributed by atoms with Crippen LogP contribution in [-0.2, 0) is 19.4 Å². The molecule has 199 valence electrons. The van der Waals surface area contributed by atoms with Gasteiger partial charge in [-0.3, -0.25) is 0 Å². The number of hydrogen-bond acceptors (Lipinski definition) is 1. The first kappa shape index (κ1) is 28.0. The van der Waals surface area contributed by atoms with E-state index in [0.29, 0.717) is 7.02 Å². The quantitative estimate of drug-likeness (QED) is 0.229. The zero-order valence-electron chi connectivity index (χ0n) is 21.6. The molecule has 1 nitrogen and oxygen atoms in total. The number of rotatable bonds is 2. The molecule has 1 aliphatic rings. The number of hydrogen-bond donors (Lipinski definition) is 0. The summed E-state index contributed by atoms with van der Waals surface area (Å²) in [5, 5.41) is 0. The van der Waals surface area contributed by atoms with Gasteiger partial charge in [-0.15, -0.1) is 0 Å². The Morgan fingerprint density at radius 3 is 1.30 bits per heavy atom. The standard InChI is InChI=1S/2C10H13.C9H4F6O.Sb/c2*1-10(2,3)9-7-5-4-6-8-9;10-8(11,12)7(16,9(13,14)15)6-4-2-1-3-5-6;/h2*5-8H,1-3H3;1-4H;/q;;-1;+1. The first-order chi connectivity index (χ1) is 16.9. The van der Waals surface area contributed by atoms with Crippen LogP contribution in [0.25, 0.3) is 0 Å². The minimum absolute atomic E-state index is 0.0164. The second-order valence-electron chi connectivity index (χ2n) is 11.5. The molecule has 0 fully saturated rings. The zero-order chi connectivity index (χ0) is 27.7. The average molecular weight is 630 g/mol. The van der Waals surface area contributed by atoms with Crippen LogP contribution in [0.4, 0.5) is 26.3 Å². The second kappa shape index (κ2) is 8.77. The molecule has 4 rings (SSSR count). The zero-order valence-corrected chi connectivity index (χ0v) is 24.1. The molecule has 37 heavy (non-hydrogen) atoms. The summed E-state index contributed by atoms with van der Waals surface area (Å²) in [6.45, 7) is 11.9. The van der Waals surface area contributed by atoms with E-state index in [0.717, 1.165) is 17.2 Å². The molecule has 3 aromatic carbocycles. The third-order valence-electron chi connectivity index (χ3n) is 6.89. The average Bonchev–Trinajstić information content (AvgIpc) is 3.12. The van der Waals surface area contributed by atoms with Gasteiger partial charge in [-0.2, -0.15) is 0 Å². The first-order valence-corrected chi connectivity index (χ1v) is 16.8. The summed E-state index contributed by atoms with van der Waals surface area (Å²) >= 11 is -5.20. The van der Waals surface area contributed by atoms with Gasteiger partial charge in [0.2, 0.25) is 0 Å². The van der Waals surface area contributed by atoms with Crippen LogP contribution in [0.3, 0.4) is 0 Å². The first-order valence-electron chi connectivity index (χ1n) is 11.9. The van der Waals surface area contributed by atoms with Crippen LogP contribution in [-0.4, -0.2) is 31.6 Å². The summed E-state index contributed by atoms with van der Waals surface area (Å²) in [4.78, 5) is 0. The van der Waals surface area contributed by atoms with Crippen molar-refractivity contribution >= 4 is 29.8 Å². The summed E-state index contributed by atoms with van der Waals surface area (Å²) in [5.41, 5.74) is -3.92. The molecule has 0 bridgehead atoms. The Labute approximate surface area is 218 Å². The van der Waals surface area contributed by atoms with Crippen molar-refractivity contribution in [3.05, 3.63) is 89.5 Å². The van der Waals surface area contributed by atoms with E-state index >= 15 is 0 Å². The van der Waals surface area contributed by atoms with Crippen LogP contribution in [0.2, 0.25) is 0 Å². The molecule has 1 aliphatic heterocycles. The minimum atomic E-state index is -5.71. The van der Waals surface area contributed by atoms with E-state index in [1.807, 2.05) is 41.5 Å². The molecule has 8 heteroatoms. The SMILES string of the molecule is CC(C)(C)c1cc[c]([Sb]2([c]3ccc(C(C)(C)C)cc3)[O]C(C(F)(F)F)(C(F)(F)F)c3cccc[c]32)cc1. The van der Waals surface area contributed by atoms with Gasteiger partial charge < -0.3 is 0 Å². The Balaban J connectivity index is 2.09. The van der Waals surface area contributed by atoms with Crippen molar-refractivity contribution in [3.8, 4) is 0 Å². The second-order valence-corrected chi connectivity index (χ2v) is 19.8. The number of alkyl halides is 6. The molecule has 3 aromatic rings. The monoisotopic (exact) mass is 629 g/mol. The van der Waals surface area contributed by atoms with Crippen LogP contribution in [0.5, 0.6) is 0 Å². The summed E-state index contributed by atoms with van der Waals surface area (Å²) in [5.74, 6) is 0. The number of benzene rings is 3. The van der Waals surface area contributed by atoms with Gasteiger partial charge in [0.05, 0.1) is 0 Å². The molecule has 0 amide bonds. The van der Waals surface area contributed by atoms with E-state index < -0.39 is 42.7 Å². The molecule has 1 heterocycles. The molecule has 0 aromatic heterocycles. The van der Waals surface area contributed by atoms with Crippen LogP contribution in [0.1, 0.15) is 58.2 Å². The van der Waals surface area contributed by atoms with E-state index in [1.165, 1.54) is 18.2 Å². The van der Waals surface area contributed by atoms with Gasteiger partial charge in [0.15, 0.2) is 0 Å². The van der Waals surface area contributed by atoms with Gasteiger partial charge in [0, 0.05) is 0 Å². The Morgan fingerprint density at radius 1 is 0.568 bits per heavy atom. The van der Waals surface area contributed by atoms with E-state index in [1.54, 1.807) is 48.5 Å². The van der Waals surface area contributed by atoms with E-state index in [-0.39, 0.29) is 14.3 Å². The number of halogens is 6. The summed E-state index contributed by atoms with van der Waals surface area (Å²) in [7, 11) is 0. The molecule has 0 aliphatic carbocycles. The van der Waals surface area contributed by atoms with Crippen molar-refractivity contribution in [2.24, 2.45) is 0 Å². The molecular weight excluding hydrogens is 600 g/mol. The van der Waals surface area contributed by atoms with E-state index in [9.17, 15) is 26.3 Å². The summed E-state index contributed by atoms with van der Waals surface area (Å²) in [6.07, 6.45) is -11.4. The van der Waals surface area contributed by atoms with Crippen LogP contribution < -0.4 is 10.5 Å². The number of fused-ring (bicyclic) bond motifs is 1. The fourth-order valence-electron chi connectivity index (χ4n) is 4.79. The predicted octanol–water partition coefficient (Wildman–Crippen LogP) is 6.60. The summed E-state index contributed by atoms with van der Waals surface area (Å²) < 4.78 is 94.1. The molecular formula is C29H30F6OSb. The normalized spacial score (nSPS) is 17.5. The summed E-state index contributed by atoms with van der Waals surface area (Å²) in [6, 6.07) is 18.7. The van der Waals surface area contributed by atoms with Crippen molar-refractivity contribution in [2.75, 3.05) is 0 Å². The van der Waals surface area contributed by atoms with Gasteiger partial charge in [-0.1, -0.05) is 0 Å². The maximum absolute atomic E-state index is 14.6. The van der Waals surface area contributed by atoms with Crippen molar-refractivity contribution in [3.63, 3.8) is 0 Å². The van der Waals surface area contributed by atoms with Crippen LogP contribution in [0, 0.1) is 0 Å². The molecule has 1 radical (unpaired) electrons. The molecule has 0 saturated heterocycles. The van der Waals surface area contributed by atoms with E-state index in [2.05, 4.69) is 0 Å². The fourth-order valence-corrected chi connectivity index (χ4v) is 15.9. The van der Waals surface area contributed by atoms with Crippen LogP contribution >= 0.6 is 0 Å². The van der Waals surface area contributed by atoms with Gasteiger partial charge in [-0.05, 0) is 0 Å². The Kier molecular flexibility index (Phi) is 6.65. The Bertz CT molecular complexity index is 1210. The van der Waals surface area contributed by atoms with Crippen molar-refractivity contribution in [2.45, 2.75) is 70.3 Å². The van der Waals surface area contributed by atoms with Crippen molar-refractivity contribution in [1.82, 2.24) is 0 Å². The third-order valence-corrected chi connectivity index (χ3v) is 17.4. The third kappa shape index (κ3) is 4.40. The fraction of sp³-hybridized carbons (Fsp3) is 0.379. The predicted molar refractivity (Wildman–Crippen MR) is 136 cm³/mol. The molecule has 0 spiro atoms. The van der Waals surface area contributed by atoms with Crippen LogP contribution in [0.15, 0.2) is 72.8 Å². The van der Waals surface area contributed by atoms with Gasteiger partial charge >= 0.3 is 219 Å². The molecule has 0 saturated carbocycles. The maximum atomic E-state index is 14.6. The topological polar surface area (TPSA) is 9.23 Å². The van der Waals surface area contributed by atoms with Crippen molar-refractivity contribution in [1.29, 1.82) is 0 Å². The van der Waals surface area contributed by atoms with Gasteiger partial charge in [0.1, 0.15) is 0 Å². The van der Waals surface area contributed by atoms with Crippen molar-refractivity contribution < 1.29 is 29.4 Å². The van der Waals surface area contributed by atoms with Gasteiger partial charge in [-0.25, -0.2) is 0 Å². The Hall–Kier alpha value is -1.98.